The lowest BCUT2D eigenvalue weighted by atomic mass is 9.71. The molecule has 1 aromatic heterocycles. The lowest BCUT2D eigenvalue weighted by Crippen LogP contribution is -2.27. The molecular formula is C28H31BrO3. The molecule has 2 aromatic carbocycles. The molecule has 0 radical (unpaired) electrons. The summed E-state index contributed by atoms with van der Waals surface area (Å²) in [5, 5.41) is 0. The molecule has 0 bridgehead atoms. The van der Waals surface area contributed by atoms with Gasteiger partial charge < -0.3 is 9.15 Å². The van der Waals surface area contributed by atoms with Crippen molar-refractivity contribution in [3.05, 3.63) is 68.9 Å². The van der Waals surface area contributed by atoms with Crippen molar-refractivity contribution in [1.82, 2.24) is 0 Å². The van der Waals surface area contributed by atoms with Crippen LogP contribution in [0.2, 0.25) is 0 Å². The molecule has 0 fully saturated rings. The number of fused-ring (bicyclic) bond motifs is 2. The normalized spacial score (nSPS) is 15.0. The summed E-state index contributed by atoms with van der Waals surface area (Å²) in [6, 6.07) is 12.4. The van der Waals surface area contributed by atoms with Gasteiger partial charge >= 0.3 is 0 Å². The number of hydrogen-bond donors (Lipinski definition) is 0. The average molecular weight is 495 g/mol. The Morgan fingerprint density at radius 1 is 0.844 bits per heavy atom. The van der Waals surface area contributed by atoms with E-state index in [1.807, 2.05) is 6.07 Å². The topological polar surface area (TPSA) is 39.4 Å². The van der Waals surface area contributed by atoms with E-state index in [1.165, 1.54) is 11.1 Å². The molecule has 0 amide bonds. The lowest BCUT2D eigenvalue weighted by molar-refractivity contribution is 0.110. The van der Waals surface area contributed by atoms with E-state index in [0.29, 0.717) is 11.5 Å². The van der Waals surface area contributed by atoms with Gasteiger partial charge in [-0.2, -0.15) is 0 Å². The number of aldehydes is 1. The third-order valence-corrected chi connectivity index (χ3v) is 7.01. The molecule has 0 saturated heterocycles. The Hall–Kier alpha value is -2.33. The largest absolute Gasteiger partial charge is 0.455 e. The van der Waals surface area contributed by atoms with Crippen molar-refractivity contribution in [2.24, 2.45) is 0 Å². The van der Waals surface area contributed by atoms with Gasteiger partial charge in [0, 0.05) is 16.5 Å². The molecular weight excluding hydrogens is 464 g/mol. The van der Waals surface area contributed by atoms with Crippen LogP contribution in [0.3, 0.4) is 0 Å². The van der Waals surface area contributed by atoms with E-state index in [9.17, 15) is 4.79 Å². The van der Waals surface area contributed by atoms with E-state index in [0.717, 1.165) is 38.9 Å². The maximum atomic E-state index is 11.3. The highest BCUT2D eigenvalue weighted by atomic mass is 79.9. The summed E-state index contributed by atoms with van der Waals surface area (Å²) in [4.78, 5) is 11.3. The molecule has 4 rings (SSSR count). The summed E-state index contributed by atoms with van der Waals surface area (Å²) in [5.74, 6) is 2.56. The Morgan fingerprint density at radius 3 is 1.94 bits per heavy atom. The highest BCUT2D eigenvalue weighted by Crippen LogP contribution is 2.55. The summed E-state index contributed by atoms with van der Waals surface area (Å²) in [6.07, 6.45) is 0.730. The number of ether oxygens (including phenoxy) is 1. The highest BCUT2D eigenvalue weighted by molar-refractivity contribution is 9.10. The Morgan fingerprint density at radius 2 is 1.41 bits per heavy atom. The van der Waals surface area contributed by atoms with Crippen LogP contribution in [0, 0.1) is 0 Å². The lowest BCUT2D eigenvalue weighted by Gasteiger charge is -2.38. The molecule has 1 aliphatic rings. The molecule has 0 spiro atoms. The minimum Gasteiger partial charge on any atom is -0.455 e. The molecule has 3 nitrogen and oxygen atoms in total. The second-order valence-electron chi connectivity index (χ2n) is 11.3. The van der Waals surface area contributed by atoms with Crippen molar-refractivity contribution in [2.45, 2.75) is 71.6 Å². The zero-order valence-electron chi connectivity index (χ0n) is 20.1. The maximum Gasteiger partial charge on any atom is 0.185 e. The molecule has 1 aliphatic heterocycles. The average Bonchev–Trinajstić information content (AvgIpc) is 3.15. The monoisotopic (exact) mass is 494 g/mol. The number of halogens is 1. The van der Waals surface area contributed by atoms with Crippen LogP contribution < -0.4 is 4.74 Å². The molecule has 2 heterocycles. The van der Waals surface area contributed by atoms with Crippen LogP contribution in [0.4, 0.5) is 0 Å². The Bertz CT molecular complexity index is 1220. The van der Waals surface area contributed by atoms with Crippen LogP contribution in [-0.4, -0.2) is 6.29 Å². The first-order chi connectivity index (χ1) is 14.7. The van der Waals surface area contributed by atoms with Crippen molar-refractivity contribution in [3.8, 4) is 22.8 Å². The third-order valence-electron chi connectivity index (χ3n) is 6.42. The van der Waals surface area contributed by atoms with Crippen molar-refractivity contribution >= 4 is 22.2 Å². The highest BCUT2D eigenvalue weighted by Gasteiger charge is 2.39. The molecule has 0 N–H and O–H groups in total. The molecule has 0 saturated carbocycles. The summed E-state index contributed by atoms with van der Waals surface area (Å²) in [6.45, 7) is 17.8. The van der Waals surface area contributed by atoms with Crippen LogP contribution in [0.15, 0.2) is 45.3 Å². The first-order valence-corrected chi connectivity index (χ1v) is 11.8. The predicted octanol–water partition coefficient (Wildman–Crippen LogP) is 8.55. The second-order valence-corrected chi connectivity index (χ2v) is 12.1. The van der Waals surface area contributed by atoms with Gasteiger partial charge in [-0.15, -0.1) is 0 Å². The smallest absolute Gasteiger partial charge is 0.185 e. The molecule has 0 atom stereocenters. The number of carbonyl (C=O) groups is 1. The molecule has 4 heteroatoms. The van der Waals surface area contributed by atoms with E-state index in [2.05, 4.69) is 95.6 Å². The van der Waals surface area contributed by atoms with Gasteiger partial charge in [0.05, 0.1) is 10.0 Å². The molecule has 3 aromatic rings. The Balaban J connectivity index is 2.03. The quantitative estimate of drug-likeness (QED) is 0.335. The number of furan rings is 1. The maximum absolute atomic E-state index is 11.3. The van der Waals surface area contributed by atoms with E-state index in [1.54, 1.807) is 6.07 Å². The standard InChI is InChI=1S/C28H31BrO3/c1-26(2,3)16-11-19(23-10-9-18(15-30)31-23)24-20(12-16)28(7,8)21-13-17(27(4,5)6)14-22(29)25(21)32-24/h9-15H,1-8H3. The molecule has 0 unspecified atom stereocenters. The number of carbonyl (C=O) groups excluding carboxylic acids is 1. The van der Waals surface area contributed by atoms with Gasteiger partial charge in [-0.3, -0.25) is 4.79 Å². The van der Waals surface area contributed by atoms with E-state index < -0.39 is 0 Å². The van der Waals surface area contributed by atoms with Gasteiger partial charge in [0.1, 0.15) is 17.3 Å². The fourth-order valence-corrected chi connectivity index (χ4v) is 4.76. The number of hydrogen-bond acceptors (Lipinski definition) is 3. The second kappa shape index (κ2) is 7.34. The number of benzene rings is 2. The van der Waals surface area contributed by atoms with E-state index in [-0.39, 0.29) is 16.2 Å². The summed E-state index contributed by atoms with van der Waals surface area (Å²) in [5.41, 5.74) is 5.27. The zero-order chi connectivity index (χ0) is 23.6. The third kappa shape index (κ3) is 3.73. The minimum atomic E-state index is -0.289. The van der Waals surface area contributed by atoms with Crippen molar-refractivity contribution < 1.29 is 13.9 Å². The molecule has 168 valence electrons. The van der Waals surface area contributed by atoms with E-state index >= 15 is 0 Å². The van der Waals surface area contributed by atoms with Gasteiger partial charge in [0.2, 0.25) is 0 Å². The Kier molecular flexibility index (Phi) is 5.24. The first-order valence-electron chi connectivity index (χ1n) is 11.0. The minimum absolute atomic E-state index is 0.0196. The number of rotatable bonds is 2. The van der Waals surface area contributed by atoms with Crippen LogP contribution in [0.1, 0.15) is 88.2 Å². The Labute approximate surface area is 199 Å². The van der Waals surface area contributed by atoms with Crippen molar-refractivity contribution in [2.75, 3.05) is 0 Å². The van der Waals surface area contributed by atoms with Gasteiger partial charge in [0.25, 0.3) is 0 Å². The van der Waals surface area contributed by atoms with Gasteiger partial charge in [-0.1, -0.05) is 67.5 Å². The zero-order valence-corrected chi connectivity index (χ0v) is 21.7. The first kappa shape index (κ1) is 22.8. The fourth-order valence-electron chi connectivity index (χ4n) is 4.22. The van der Waals surface area contributed by atoms with E-state index in [4.69, 9.17) is 9.15 Å². The van der Waals surface area contributed by atoms with Gasteiger partial charge in [-0.05, 0) is 62.2 Å². The van der Waals surface area contributed by atoms with Crippen LogP contribution in [-0.2, 0) is 16.2 Å². The van der Waals surface area contributed by atoms with Crippen molar-refractivity contribution in [1.29, 1.82) is 0 Å². The van der Waals surface area contributed by atoms with Crippen LogP contribution in [0.5, 0.6) is 11.5 Å². The predicted molar refractivity (Wildman–Crippen MR) is 133 cm³/mol. The van der Waals surface area contributed by atoms with Gasteiger partial charge in [-0.25, -0.2) is 0 Å². The van der Waals surface area contributed by atoms with Gasteiger partial charge in [0.15, 0.2) is 12.0 Å². The SMILES string of the molecule is CC(C)(C)c1cc(Br)c2c(c1)C(C)(C)c1cc(C(C)(C)C)cc(-c3ccc(C=O)o3)c1O2. The van der Waals surface area contributed by atoms with Crippen LogP contribution in [0.25, 0.3) is 11.3 Å². The molecule has 0 aliphatic carbocycles. The van der Waals surface area contributed by atoms with Crippen LogP contribution >= 0.6 is 15.9 Å². The fraction of sp³-hybridized carbons (Fsp3) is 0.393. The van der Waals surface area contributed by atoms with Crippen molar-refractivity contribution in [3.63, 3.8) is 0 Å². The summed E-state index contributed by atoms with van der Waals surface area (Å²) in [7, 11) is 0. The molecule has 32 heavy (non-hydrogen) atoms. The summed E-state index contributed by atoms with van der Waals surface area (Å²) < 4.78 is 13.4. The summed E-state index contributed by atoms with van der Waals surface area (Å²) >= 11 is 3.78.